The van der Waals surface area contributed by atoms with Gasteiger partial charge >= 0.3 is 5.97 Å². The van der Waals surface area contributed by atoms with Crippen molar-refractivity contribution in [1.29, 1.82) is 0 Å². The molecule has 0 N–H and O–H groups in total. The number of hydrogen-bond acceptors (Lipinski definition) is 5. The molecule has 0 aliphatic carbocycles. The van der Waals surface area contributed by atoms with Crippen LogP contribution in [0.2, 0.25) is 10.0 Å². The Kier molecular flexibility index (Phi) is 5.78. The summed E-state index contributed by atoms with van der Waals surface area (Å²) < 4.78 is 10.2. The van der Waals surface area contributed by atoms with Crippen LogP contribution in [0.4, 0.5) is 5.69 Å². The Morgan fingerprint density at radius 2 is 1.96 bits per heavy atom. The summed E-state index contributed by atoms with van der Waals surface area (Å²) in [5, 5.41) is 11.4. The molecule has 0 saturated heterocycles. The van der Waals surface area contributed by atoms with E-state index in [9.17, 15) is 14.9 Å². The molecule has 0 heterocycles. The number of nitrogens with zero attached hydrogens (tertiary/aromatic N) is 1. The highest BCUT2D eigenvalue weighted by Gasteiger charge is 2.10. The molecule has 0 atom stereocenters. The van der Waals surface area contributed by atoms with Gasteiger partial charge in [-0.05, 0) is 23.8 Å². The molecular formula is C15H11Cl2NO5. The molecule has 0 aromatic heterocycles. The molecule has 120 valence electrons. The second kappa shape index (κ2) is 7.80. The Morgan fingerprint density at radius 3 is 2.65 bits per heavy atom. The minimum Gasteiger partial charge on any atom is -0.480 e. The highest BCUT2D eigenvalue weighted by molar-refractivity contribution is 6.35. The predicted molar refractivity (Wildman–Crippen MR) is 84.8 cm³/mol. The highest BCUT2D eigenvalue weighted by Crippen LogP contribution is 2.27. The number of halogens is 2. The van der Waals surface area contributed by atoms with E-state index < -0.39 is 10.9 Å². The van der Waals surface area contributed by atoms with Gasteiger partial charge in [-0.3, -0.25) is 10.1 Å². The summed E-state index contributed by atoms with van der Waals surface area (Å²) in [6.07, 6.45) is 0. The molecule has 0 unspecified atom stereocenters. The SMILES string of the molecule is O=C(COc1ccc(Cl)cc1Cl)OCc1cccc([N+](=O)[O-])c1. The van der Waals surface area contributed by atoms with Crippen LogP contribution in [-0.4, -0.2) is 17.5 Å². The standard InChI is InChI=1S/C15H11Cl2NO5/c16-11-4-5-14(13(17)7-11)22-9-15(19)23-8-10-2-1-3-12(6-10)18(20)21/h1-7H,8-9H2. The van der Waals surface area contributed by atoms with Gasteiger partial charge < -0.3 is 9.47 Å². The van der Waals surface area contributed by atoms with Crippen molar-refractivity contribution in [3.63, 3.8) is 0 Å². The molecule has 2 aromatic carbocycles. The fourth-order valence-electron chi connectivity index (χ4n) is 1.69. The van der Waals surface area contributed by atoms with Gasteiger partial charge in [0, 0.05) is 17.2 Å². The smallest absolute Gasteiger partial charge is 0.344 e. The maximum absolute atomic E-state index is 11.6. The largest absolute Gasteiger partial charge is 0.480 e. The fourth-order valence-corrected chi connectivity index (χ4v) is 2.16. The van der Waals surface area contributed by atoms with Gasteiger partial charge in [0.1, 0.15) is 12.4 Å². The van der Waals surface area contributed by atoms with Gasteiger partial charge in [0.25, 0.3) is 5.69 Å². The zero-order valence-corrected chi connectivity index (χ0v) is 13.2. The number of esters is 1. The van der Waals surface area contributed by atoms with E-state index in [-0.39, 0.29) is 23.9 Å². The topological polar surface area (TPSA) is 78.7 Å². The van der Waals surface area contributed by atoms with Crippen LogP contribution in [0.3, 0.4) is 0 Å². The third-order valence-electron chi connectivity index (χ3n) is 2.76. The average Bonchev–Trinajstić information content (AvgIpc) is 2.52. The van der Waals surface area contributed by atoms with Crippen LogP contribution in [0.15, 0.2) is 42.5 Å². The van der Waals surface area contributed by atoms with Crippen molar-refractivity contribution >= 4 is 34.9 Å². The van der Waals surface area contributed by atoms with E-state index in [4.69, 9.17) is 32.7 Å². The Balaban J connectivity index is 1.85. The van der Waals surface area contributed by atoms with Gasteiger partial charge in [-0.2, -0.15) is 0 Å². The molecule has 2 aromatic rings. The monoisotopic (exact) mass is 355 g/mol. The summed E-state index contributed by atoms with van der Waals surface area (Å²) in [7, 11) is 0. The third-order valence-corrected chi connectivity index (χ3v) is 3.29. The Morgan fingerprint density at radius 1 is 1.17 bits per heavy atom. The first-order valence-electron chi connectivity index (χ1n) is 6.42. The van der Waals surface area contributed by atoms with E-state index in [2.05, 4.69) is 0 Å². The van der Waals surface area contributed by atoms with Crippen LogP contribution in [0.1, 0.15) is 5.56 Å². The number of carbonyl (C=O) groups excluding carboxylic acids is 1. The maximum Gasteiger partial charge on any atom is 0.344 e. The van der Waals surface area contributed by atoms with Crippen molar-refractivity contribution in [3.8, 4) is 5.75 Å². The highest BCUT2D eigenvalue weighted by atomic mass is 35.5. The normalized spacial score (nSPS) is 10.2. The summed E-state index contributed by atoms with van der Waals surface area (Å²) >= 11 is 11.7. The summed E-state index contributed by atoms with van der Waals surface area (Å²) in [6.45, 7) is -0.422. The fraction of sp³-hybridized carbons (Fsp3) is 0.133. The Hall–Kier alpha value is -2.31. The molecule has 0 radical (unpaired) electrons. The number of carbonyl (C=O) groups is 1. The zero-order valence-electron chi connectivity index (χ0n) is 11.7. The quantitative estimate of drug-likeness (QED) is 0.444. The molecule has 0 spiro atoms. The molecule has 2 rings (SSSR count). The second-order valence-corrected chi connectivity index (χ2v) is 5.29. The Labute approximate surface area is 141 Å². The van der Waals surface area contributed by atoms with E-state index in [1.807, 2.05) is 0 Å². The number of nitro groups is 1. The van der Waals surface area contributed by atoms with Gasteiger partial charge in [0.05, 0.1) is 9.95 Å². The lowest BCUT2D eigenvalue weighted by atomic mass is 10.2. The van der Waals surface area contributed by atoms with Crippen molar-refractivity contribution in [2.45, 2.75) is 6.61 Å². The maximum atomic E-state index is 11.6. The van der Waals surface area contributed by atoms with E-state index in [0.29, 0.717) is 16.3 Å². The molecule has 8 heteroatoms. The van der Waals surface area contributed by atoms with Gasteiger partial charge in [0.2, 0.25) is 0 Å². The van der Waals surface area contributed by atoms with Gasteiger partial charge in [-0.25, -0.2) is 4.79 Å². The lowest BCUT2D eigenvalue weighted by Gasteiger charge is -2.08. The van der Waals surface area contributed by atoms with Crippen molar-refractivity contribution in [3.05, 3.63) is 68.2 Å². The van der Waals surface area contributed by atoms with Crippen LogP contribution in [0, 0.1) is 10.1 Å². The first kappa shape index (κ1) is 17.1. The predicted octanol–water partition coefficient (Wildman–Crippen LogP) is 4.02. The van der Waals surface area contributed by atoms with Gasteiger partial charge in [0.15, 0.2) is 6.61 Å². The Bertz CT molecular complexity index is 736. The minimum atomic E-state index is -0.623. The van der Waals surface area contributed by atoms with E-state index in [1.54, 1.807) is 18.2 Å². The average molecular weight is 356 g/mol. The lowest BCUT2D eigenvalue weighted by molar-refractivity contribution is -0.384. The molecule has 6 nitrogen and oxygen atoms in total. The summed E-state index contributed by atoms with van der Waals surface area (Å²) in [5.41, 5.74) is 0.444. The summed E-state index contributed by atoms with van der Waals surface area (Å²) in [5.74, 6) is -0.314. The molecule has 0 amide bonds. The third kappa shape index (κ3) is 5.12. The molecule has 0 bridgehead atoms. The number of nitro benzene ring substituents is 1. The first-order valence-corrected chi connectivity index (χ1v) is 7.18. The summed E-state index contributed by atoms with van der Waals surface area (Å²) in [4.78, 5) is 21.8. The summed E-state index contributed by atoms with van der Waals surface area (Å²) in [6, 6.07) is 10.5. The van der Waals surface area contributed by atoms with E-state index in [0.717, 1.165) is 0 Å². The van der Waals surface area contributed by atoms with Crippen LogP contribution in [-0.2, 0) is 16.1 Å². The van der Waals surface area contributed by atoms with E-state index in [1.165, 1.54) is 24.3 Å². The second-order valence-electron chi connectivity index (χ2n) is 4.45. The van der Waals surface area contributed by atoms with Crippen molar-refractivity contribution in [2.24, 2.45) is 0 Å². The molecule has 0 saturated carbocycles. The van der Waals surface area contributed by atoms with Crippen molar-refractivity contribution in [2.75, 3.05) is 6.61 Å². The van der Waals surface area contributed by atoms with Crippen LogP contribution in [0.5, 0.6) is 5.75 Å². The van der Waals surface area contributed by atoms with Crippen molar-refractivity contribution in [1.82, 2.24) is 0 Å². The number of rotatable bonds is 6. The van der Waals surface area contributed by atoms with E-state index >= 15 is 0 Å². The molecular weight excluding hydrogens is 345 g/mol. The van der Waals surface area contributed by atoms with Crippen LogP contribution in [0.25, 0.3) is 0 Å². The van der Waals surface area contributed by atoms with Crippen molar-refractivity contribution < 1.29 is 19.2 Å². The molecule has 23 heavy (non-hydrogen) atoms. The number of non-ortho nitro benzene ring substituents is 1. The molecule has 0 fully saturated rings. The van der Waals surface area contributed by atoms with Crippen LogP contribution >= 0.6 is 23.2 Å². The molecule has 0 aliphatic rings. The number of benzene rings is 2. The van der Waals surface area contributed by atoms with Gasteiger partial charge in [-0.15, -0.1) is 0 Å². The lowest BCUT2D eigenvalue weighted by Crippen LogP contribution is -2.15. The number of hydrogen-bond donors (Lipinski definition) is 0. The van der Waals surface area contributed by atoms with Crippen LogP contribution < -0.4 is 4.74 Å². The first-order chi connectivity index (χ1) is 11.0. The number of ether oxygens (including phenoxy) is 2. The minimum absolute atomic E-state index is 0.0669. The van der Waals surface area contributed by atoms with Gasteiger partial charge in [-0.1, -0.05) is 35.3 Å². The molecule has 0 aliphatic heterocycles. The zero-order chi connectivity index (χ0) is 16.8.